The van der Waals surface area contributed by atoms with Crippen LogP contribution in [0.5, 0.6) is 5.75 Å². The van der Waals surface area contributed by atoms with Gasteiger partial charge in [-0.3, -0.25) is 9.78 Å². The Morgan fingerprint density at radius 2 is 2.09 bits per heavy atom. The predicted molar refractivity (Wildman–Crippen MR) is 88.0 cm³/mol. The first-order valence-corrected chi connectivity index (χ1v) is 9.14. The van der Waals surface area contributed by atoms with Crippen LogP contribution in [0.25, 0.3) is 0 Å². The van der Waals surface area contributed by atoms with Crippen molar-refractivity contribution >= 4 is 5.91 Å². The van der Waals surface area contributed by atoms with E-state index in [4.69, 9.17) is 4.74 Å². The maximum atomic E-state index is 12.6. The zero-order valence-electron chi connectivity index (χ0n) is 13.7. The maximum Gasteiger partial charge on any atom is 0.222 e. The van der Waals surface area contributed by atoms with Crippen molar-refractivity contribution in [3.63, 3.8) is 0 Å². The normalized spacial score (nSPS) is 30.6. The van der Waals surface area contributed by atoms with E-state index in [1.165, 1.54) is 32.1 Å². The Morgan fingerprint density at radius 1 is 1.22 bits per heavy atom. The highest BCUT2D eigenvalue weighted by Gasteiger charge is 2.45. The molecule has 124 valence electrons. The lowest BCUT2D eigenvalue weighted by atomic mass is 9.99. The van der Waals surface area contributed by atoms with Crippen molar-refractivity contribution in [3.05, 3.63) is 24.5 Å². The number of aromatic nitrogens is 1. The van der Waals surface area contributed by atoms with Crippen LogP contribution < -0.4 is 4.74 Å². The predicted octanol–water partition coefficient (Wildman–Crippen LogP) is 3.28. The molecule has 4 rings (SSSR count). The molecule has 3 fully saturated rings. The van der Waals surface area contributed by atoms with Gasteiger partial charge in [0.15, 0.2) is 0 Å². The average Bonchev–Trinajstić information content (AvgIpc) is 3.27. The third kappa shape index (κ3) is 3.22. The van der Waals surface area contributed by atoms with Crippen molar-refractivity contribution in [2.75, 3.05) is 13.1 Å². The molecule has 1 saturated heterocycles. The Hall–Kier alpha value is -1.58. The minimum atomic E-state index is 0.244. The van der Waals surface area contributed by atoms with Crippen LogP contribution >= 0.6 is 0 Å². The van der Waals surface area contributed by atoms with E-state index in [0.29, 0.717) is 23.7 Å². The fourth-order valence-corrected chi connectivity index (χ4v) is 4.75. The fraction of sp³-hybridized carbons (Fsp3) is 0.684. The van der Waals surface area contributed by atoms with Gasteiger partial charge in [-0.25, -0.2) is 0 Å². The highest BCUT2D eigenvalue weighted by molar-refractivity contribution is 5.76. The summed E-state index contributed by atoms with van der Waals surface area (Å²) in [5.74, 6) is 3.01. The zero-order chi connectivity index (χ0) is 15.6. The van der Waals surface area contributed by atoms with Gasteiger partial charge in [0.05, 0.1) is 6.20 Å². The molecular formula is C19H26N2O2. The number of nitrogens with zero attached hydrogens (tertiary/aromatic N) is 2. The molecule has 2 heterocycles. The van der Waals surface area contributed by atoms with Gasteiger partial charge in [0, 0.05) is 31.6 Å². The number of carbonyl (C=O) groups is 1. The number of rotatable bonds is 4. The number of fused-ring (bicyclic) bond motifs is 1. The van der Waals surface area contributed by atoms with E-state index in [-0.39, 0.29) is 6.10 Å². The largest absolute Gasteiger partial charge is 0.488 e. The van der Waals surface area contributed by atoms with E-state index in [1.807, 2.05) is 12.1 Å². The smallest absolute Gasteiger partial charge is 0.222 e. The second kappa shape index (κ2) is 6.50. The van der Waals surface area contributed by atoms with E-state index >= 15 is 0 Å². The summed E-state index contributed by atoms with van der Waals surface area (Å²) < 4.78 is 6.15. The SMILES string of the molecule is O=C(CC1CCCC1)N1C[C@H]2CC[C@@H](Oc3cccnc3)[C@H]2C1. The molecule has 4 heteroatoms. The van der Waals surface area contributed by atoms with Crippen molar-refractivity contribution in [2.24, 2.45) is 17.8 Å². The molecular weight excluding hydrogens is 288 g/mol. The van der Waals surface area contributed by atoms with Crippen molar-refractivity contribution in [1.29, 1.82) is 0 Å². The molecule has 1 aliphatic heterocycles. The second-order valence-corrected chi connectivity index (χ2v) is 7.50. The summed E-state index contributed by atoms with van der Waals surface area (Å²) in [5.41, 5.74) is 0. The summed E-state index contributed by atoms with van der Waals surface area (Å²) >= 11 is 0. The summed E-state index contributed by atoms with van der Waals surface area (Å²) in [6.07, 6.45) is 12.0. The Morgan fingerprint density at radius 3 is 2.87 bits per heavy atom. The first-order chi connectivity index (χ1) is 11.3. The van der Waals surface area contributed by atoms with Gasteiger partial charge in [-0.15, -0.1) is 0 Å². The van der Waals surface area contributed by atoms with Crippen molar-refractivity contribution in [1.82, 2.24) is 9.88 Å². The molecule has 3 atom stereocenters. The van der Waals surface area contributed by atoms with Crippen LogP contribution in [-0.2, 0) is 4.79 Å². The highest BCUT2D eigenvalue weighted by Crippen LogP contribution is 2.40. The fourth-order valence-electron chi connectivity index (χ4n) is 4.75. The number of hydrogen-bond acceptors (Lipinski definition) is 3. The molecule has 2 aliphatic carbocycles. The summed E-state index contributed by atoms with van der Waals surface area (Å²) in [4.78, 5) is 18.8. The molecule has 1 aromatic heterocycles. The van der Waals surface area contributed by atoms with Crippen molar-refractivity contribution < 1.29 is 9.53 Å². The van der Waals surface area contributed by atoms with Crippen LogP contribution in [-0.4, -0.2) is 35.0 Å². The van der Waals surface area contributed by atoms with Gasteiger partial charge in [0.1, 0.15) is 11.9 Å². The lowest BCUT2D eigenvalue weighted by molar-refractivity contribution is -0.131. The topological polar surface area (TPSA) is 42.4 Å². The lowest BCUT2D eigenvalue weighted by Crippen LogP contribution is -2.33. The van der Waals surface area contributed by atoms with Crippen LogP contribution in [0.2, 0.25) is 0 Å². The van der Waals surface area contributed by atoms with Gasteiger partial charge in [-0.05, 0) is 49.7 Å². The van der Waals surface area contributed by atoms with Gasteiger partial charge >= 0.3 is 0 Å². The maximum absolute atomic E-state index is 12.6. The van der Waals surface area contributed by atoms with E-state index in [9.17, 15) is 4.79 Å². The molecule has 23 heavy (non-hydrogen) atoms. The number of likely N-dealkylation sites (tertiary alicyclic amines) is 1. The molecule has 1 amide bonds. The van der Waals surface area contributed by atoms with Crippen LogP contribution in [0, 0.1) is 17.8 Å². The molecule has 1 aromatic rings. The molecule has 4 nitrogen and oxygen atoms in total. The van der Waals surface area contributed by atoms with Crippen LogP contribution in [0.1, 0.15) is 44.9 Å². The summed E-state index contributed by atoms with van der Waals surface area (Å²) in [7, 11) is 0. The van der Waals surface area contributed by atoms with E-state index in [1.54, 1.807) is 12.4 Å². The number of hydrogen-bond donors (Lipinski definition) is 0. The van der Waals surface area contributed by atoms with Gasteiger partial charge in [0.25, 0.3) is 0 Å². The van der Waals surface area contributed by atoms with Gasteiger partial charge in [-0.2, -0.15) is 0 Å². The van der Waals surface area contributed by atoms with Crippen LogP contribution in [0.15, 0.2) is 24.5 Å². The number of amides is 1. The van der Waals surface area contributed by atoms with Crippen LogP contribution in [0.4, 0.5) is 0 Å². The minimum Gasteiger partial charge on any atom is -0.488 e. The Kier molecular flexibility index (Phi) is 4.23. The molecule has 0 radical (unpaired) electrons. The van der Waals surface area contributed by atoms with E-state index in [0.717, 1.165) is 31.7 Å². The first-order valence-electron chi connectivity index (χ1n) is 9.14. The zero-order valence-corrected chi connectivity index (χ0v) is 13.7. The Labute approximate surface area is 138 Å². The Balaban J connectivity index is 1.34. The first kappa shape index (κ1) is 15.0. The molecule has 0 unspecified atom stereocenters. The Bertz CT molecular complexity index is 542. The van der Waals surface area contributed by atoms with Crippen LogP contribution in [0.3, 0.4) is 0 Å². The van der Waals surface area contributed by atoms with Gasteiger partial charge in [0.2, 0.25) is 5.91 Å². The van der Waals surface area contributed by atoms with Crippen molar-refractivity contribution in [2.45, 2.75) is 51.0 Å². The summed E-state index contributed by atoms with van der Waals surface area (Å²) in [6.45, 7) is 1.84. The van der Waals surface area contributed by atoms with E-state index in [2.05, 4.69) is 9.88 Å². The standard InChI is InChI=1S/C19H26N2O2/c22-19(10-14-4-1-2-5-14)21-12-15-7-8-18(17(15)13-21)23-16-6-3-9-20-11-16/h3,6,9,11,14-15,17-18H,1-2,4-5,7-8,10,12-13H2/t15-,17+,18-/m1/s1. The van der Waals surface area contributed by atoms with Gasteiger partial charge < -0.3 is 9.64 Å². The average molecular weight is 314 g/mol. The number of carbonyl (C=O) groups excluding carboxylic acids is 1. The van der Waals surface area contributed by atoms with E-state index < -0.39 is 0 Å². The third-order valence-electron chi connectivity index (χ3n) is 6.00. The molecule has 3 aliphatic rings. The minimum absolute atomic E-state index is 0.244. The summed E-state index contributed by atoms with van der Waals surface area (Å²) in [5, 5.41) is 0. The van der Waals surface area contributed by atoms with Gasteiger partial charge in [-0.1, -0.05) is 12.8 Å². The molecule has 0 aromatic carbocycles. The number of pyridine rings is 1. The molecule has 0 bridgehead atoms. The summed E-state index contributed by atoms with van der Waals surface area (Å²) in [6, 6.07) is 3.88. The quantitative estimate of drug-likeness (QED) is 0.856. The van der Waals surface area contributed by atoms with Crippen molar-refractivity contribution in [3.8, 4) is 5.75 Å². The monoisotopic (exact) mass is 314 g/mol. The molecule has 0 N–H and O–H groups in total. The lowest BCUT2D eigenvalue weighted by Gasteiger charge is -2.22. The second-order valence-electron chi connectivity index (χ2n) is 7.50. The molecule has 0 spiro atoms. The molecule has 2 saturated carbocycles. The highest BCUT2D eigenvalue weighted by atomic mass is 16.5. The number of ether oxygens (including phenoxy) is 1. The third-order valence-corrected chi connectivity index (χ3v) is 6.00.